The van der Waals surface area contributed by atoms with Crippen LogP contribution in [0.5, 0.6) is 46.0 Å². The number of ether oxygens (including phenoxy) is 8. The summed E-state index contributed by atoms with van der Waals surface area (Å²) in [5, 5.41) is 6.34. The average Bonchev–Trinajstić information content (AvgIpc) is 3.15. The zero-order valence-corrected chi connectivity index (χ0v) is 29.1. The van der Waals surface area contributed by atoms with Crippen molar-refractivity contribution in [3.05, 3.63) is 101 Å². The van der Waals surface area contributed by atoms with E-state index in [1.807, 2.05) is 72.8 Å². The maximum absolute atomic E-state index is 12.8. The van der Waals surface area contributed by atoms with E-state index in [-0.39, 0.29) is 5.91 Å². The van der Waals surface area contributed by atoms with Gasteiger partial charge in [0.25, 0.3) is 5.91 Å². The summed E-state index contributed by atoms with van der Waals surface area (Å²) in [4.78, 5) is 12.8. The summed E-state index contributed by atoms with van der Waals surface area (Å²) in [5.74, 6) is 4.94. The van der Waals surface area contributed by atoms with E-state index in [2.05, 4.69) is 17.2 Å². The molecule has 1 aliphatic rings. The molecule has 4 aromatic carbocycles. The summed E-state index contributed by atoms with van der Waals surface area (Å²) in [6.07, 6.45) is 4.66. The number of anilines is 1. The van der Waals surface area contributed by atoms with Crippen LogP contribution in [-0.2, 0) is 0 Å². The zero-order valence-electron chi connectivity index (χ0n) is 29.1. The fraction of sp³-hybridized carbons (Fsp3) is 0.256. The fourth-order valence-corrected chi connectivity index (χ4v) is 5.44. The minimum atomic E-state index is -0.438. The zero-order chi connectivity index (χ0) is 35.6. The Morgan fingerprint density at radius 3 is 2.04 bits per heavy atom. The van der Waals surface area contributed by atoms with Crippen LogP contribution in [0.1, 0.15) is 46.1 Å². The van der Waals surface area contributed by atoms with Gasteiger partial charge in [0, 0.05) is 12.1 Å². The molecular weight excluding hydrogens is 640 g/mol. The van der Waals surface area contributed by atoms with E-state index in [1.165, 1.54) is 0 Å². The summed E-state index contributed by atoms with van der Waals surface area (Å²) in [6.45, 7) is 4.52. The van der Waals surface area contributed by atoms with Gasteiger partial charge >= 0.3 is 0 Å². The number of methoxy groups -OCH3 is 6. The lowest BCUT2D eigenvalue weighted by Crippen LogP contribution is -2.38. The number of carbonyl (C=O) groups excluding carboxylic acids is 1. The molecule has 1 heterocycles. The first-order chi connectivity index (χ1) is 24.3. The van der Waals surface area contributed by atoms with E-state index in [0.29, 0.717) is 76.8 Å². The normalized spacial score (nSPS) is 13.4. The first-order valence-corrected chi connectivity index (χ1v) is 15.9. The second-order valence-corrected chi connectivity index (χ2v) is 11.2. The molecule has 0 radical (unpaired) electrons. The molecular formula is C39H42N2O9. The van der Waals surface area contributed by atoms with Crippen molar-refractivity contribution < 1.29 is 42.7 Å². The Bertz CT molecular complexity index is 1850. The highest BCUT2D eigenvalue weighted by atomic mass is 16.5. The van der Waals surface area contributed by atoms with Gasteiger partial charge in [0.05, 0.1) is 60.6 Å². The number of amides is 1. The van der Waals surface area contributed by atoms with E-state index < -0.39 is 6.17 Å². The number of rotatable bonds is 16. The molecule has 2 N–H and O–H groups in total. The van der Waals surface area contributed by atoms with Gasteiger partial charge < -0.3 is 48.5 Å². The molecule has 1 unspecified atom stereocenters. The second-order valence-electron chi connectivity index (χ2n) is 11.2. The number of fused-ring (bicyclic) bond motifs is 1. The predicted molar refractivity (Wildman–Crippen MR) is 192 cm³/mol. The molecule has 0 saturated carbocycles. The van der Waals surface area contributed by atoms with E-state index >= 15 is 0 Å². The summed E-state index contributed by atoms with van der Waals surface area (Å²) >= 11 is 0. The maximum Gasteiger partial charge on any atom is 0.255 e. The topological polar surface area (TPSA) is 115 Å². The van der Waals surface area contributed by atoms with Crippen LogP contribution in [0.25, 0.3) is 12.2 Å². The predicted octanol–water partition coefficient (Wildman–Crippen LogP) is 7.51. The van der Waals surface area contributed by atoms with Crippen molar-refractivity contribution in [2.24, 2.45) is 0 Å². The Morgan fingerprint density at radius 1 is 0.680 bits per heavy atom. The molecule has 4 aromatic rings. The van der Waals surface area contributed by atoms with Gasteiger partial charge in [0.1, 0.15) is 11.9 Å². The van der Waals surface area contributed by atoms with E-state index in [1.54, 1.807) is 48.7 Å². The van der Waals surface area contributed by atoms with Gasteiger partial charge in [-0.3, -0.25) is 4.79 Å². The number of carbonyl (C=O) groups is 1. The second kappa shape index (κ2) is 16.4. The van der Waals surface area contributed by atoms with Crippen LogP contribution in [0, 0.1) is 0 Å². The van der Waals surface area contributed by atoms with Gasteiger partial charge in [0.15, 0.2) is 34.5 Å². The first kappa shape index (κ1) is 35.3. The summed E-state index contributed by atoms with van der Waals surface area (Å²) in [5.41, 5.74) is 3.83. The molecule has 0 fully saturated rings. The van der Waals surface area contributed by atoms with Crippen molar-refractivity contribution in [1.29, 1.82) is 0 Å². The van der Waals surface area contributed by atoms with Gasteiger partial charge in [-0.2, -0.15) is 0 Å². The highest BCUT2D eigenvalue weighted by Crippen LogP contribution is 2.39. The van der Waals surface area contributed by atoms with Gasteiger partial charge in [0.2, 0.25) is 5.75 Å². The van der Waals surface area contributed by atoms with Crippen LogP contribution < -0.4 is 48.5 Å². The Hall–Kier alpha value is -5.97. The molecule has 0 aromatic heterocycles. The monoisotopic (exact) mass is 682 g/mol. The van der Waals surface area contributed by atoms with Gasteiger partial charge in [-0.1, -0.05) is 30.9 Å². The third-order valence-electron chi connectivity index (χ3n) is 8.02. The Kier molecular flexibility index (Phi) is 11.6. The van der Waals surface area contributed by atoms with Gasteiger partial charge in [-0.15, -0.1) is 0 Å². The molecule has 0 saturated heterocycles. The summed E-state index contributed by atoms with van der Waals surface area (Å²) < 4.78 is 44.9. The van der Waals surface area contributed by atoms with Crippen LogP contribution >= 0.6 is 0 Å². The fourth-order valence-electron chi connectivity index (χ4n) is 5.44. The molecule has 11 nitrogen and oxygen atoms in total. The molecule has 5 rings (SSSR count). The molecule has 0 bridgehead atoms. The Morgan fingerprint density at radius 2 is 1.36 bits per heavy atom. The highest BCUT2D eigenvalue weighted by molar-refractivity contribution is 6.02. The third kappa shape index (κ3) is 8.18. The molecule has 11 heteroatoms. The number of allylic oxidation sites excluding steroid dienone is 1. The smallest absolute Gasteiger partial charge is 0.255 e. The van der Waals surface area contributed by atoms with Crippen LogP contribution in [0.4, 0.5) is 5.69 Å². The summed E-state index contributed by atoms with van der Waals surface area (Å²) in [7, 11) is 9.48. The molecule has 50 heavy (non-hydrogen) atoms. The van der Waals surface area contributed by atoms with Crippen molar-refractivity contribution in [2.45, 2.75) is 19.0 Å². The van der Waals surface area contributed by atoms with Gasteiger partial charge in [-0.25, -0.2) is 0 Å². The van der Waals surface area contributed by atoms with Crippen LogP contribution in [0.15, 0.2) is 79.1 Å². The van der Waals surface area contributed by atoms with Crippen molar-refractivity contribution in [2.75, 3.05) is 54.6 Å². The lowest BCUT2D eigenvalue weighted by molar-refractivity contribution is 0.0935. The minimum absolute atomic E-state index is 0.194. The molecule has 262 valence electrons. The van der Waals surface area contributed by atoms with Crippen molar-refractivity contribution >= 4 is 23.7 Å². The van der Waals surface area contributed by atoms with E-state index in [9.17, 15) is 4.79 Å². The number of hydrogen-bond donors (Lipinski definition) is 2. The Balaban J connectivity index is 1.17. The quantitative estimate of drug-likeness (QED) is 0.0699. The van der Waals surface area contributed by atoms with Crippen molar-refractivity contribution in [3.63, 3.8) is 0 Å². The van der Waals surface area contributed by atoms with Crippen molar-refractivity contribution in [3.8, 4) is 46.0 Å². The van der Waals surface area contributed by atoms with E-state index in [4.69, 9.17) is 37.9 Å². The number of nitrogens with one attached hydrogen (secondary N) is 2. The molecule has 1 atom stereocenters. The maximum atomic E-state index is 12.8. The summed E-state index contributed by atoms with van der Waals surface area (Å²) in [6, 6.07) is 20.3. The standard InChI is InChI=1S/C39H42N2O9/c1-24(50-34-19-25(12-16-31(34)44-3)10-11-26-20-35(46-5)37(48-7)36(21-26)47-6)9-8-18-49-32-17-13-27(22-33(32)45-4)38-40-30-15-14-28(43-2)23-29(30)39(42)41-38/h10-17,19-23,38,40H,1,8-9,18H2,2-7H3,(H,41,42)/b11-10-. The number of hydrogen-bond acceptors (Lipinski definition) is 10. The molecule has 0 spiro atoms. The number of benzene rings is 4. The van der Waals surface area contributed by atoms with Crippen molar-refractivity contribution in [1.82, 2.24) is 5.32 Å². The van der Waals surface area contributed by atoms with Crippen LogP contribution in [0.3, 0.4) is 0 Å². The first-order valence-electron chi connectivity index (χ1n) is 15.9. The minimum Gasteiger partial charge on any atom is -0.497 e. The van der Waals surface area contributed by atoms with Crippen LogP contribution in [0.2, 0.25) is 0 Å². The SMILES string of the molecule is C=C(CCCOc1ccc(C2NC(=O)c3cc(OC)ccc3N2)cc1OC)Oc1cc(/C=C\c2cc(OC)c(OC)c(OC)c2)ccc1OC. The molecule has 1 amide bonds. The third-order valence-corrected chi connectivity index (χ3v) is 8.02. The molecule has 0 aliphatic carbocycles. The van der Waals surface area contributed by atoms with E-state index in [0.717, 1.165) is 22.4 Å². The Labute approximate surface area is 292 Å². The van der Waals surface area contributed by atoms with Crippen LogP contribution in [-0.4, -0.2) is 55.2 Å². The largest absolute Gasteiger partial charge is 0.497 e. The molecule has 1 aliphatic heterocycles. The lowest BCUT2D eigenvalue weighted by Gasteiger charge is -2.28. The van der Waals surface area contributed by atoms with Gasteiger partial charge in [-0.05, 0) is 77.7 Å². The lowest BCUT2D eigenvalue weighted by atomic mass is 10.0. The average molecular weight is 683 g/mol. The highest BCUT2D eigenvalue weighted by Gasteiger charge is 2.26.